The number of anilines is 1. The van der Waals surface area contributed by atoms with Crippen molar-refractivity contribution < 1.29 is 5.21 Å². The molecule has 1 saturated heterocycles. The molecule has 0 bridgehead atoms. The van der Waals surface area contributed by atoms with Gasteiger partial charge in [0.05, 0.1) is 0 Å². The van der Waals surface area contributed by atoms with E-state index in [9.17, 15) is 0 Å². The smallest absolute Gasteiger partial charge is 0.170 e. The number of aromatic nitrogens is 1. The molecule has 2 heterocycles. The van der Waals surface area contributed by atoms with Crippen molar-refractivity contribution in [2.75, 3.05) is 11.4 Å². The molecule has 1 atom stereocenters. The van der Waals surface area contributed by atoms with Gasteiger partial charge in [-0.3, -0.25) is 0 Å². The first-order valence-electron chi connectivity index (χ1n) is 7.50. The lowest BCUT2D eigenvalue weighted by Gasteiger charge is -2.30. The Morgan fingerprint density at radius 3 is 2.85 bits per heavy atom. The highest BCUT2D eigenvalue weighted by Crippen LogP contribution is 2.37. The average Bonchev–Trinajstić information content (AvgIpc) is 3.16. The van der Waals surface area contributed by atoms with Gasteiger partial charge in [0, 0.05) is 24.3 Å². The van der Waals surface area contributed by atoms with Crippen molar-refractivity contribution in [3.8, 4) is 0 Å². The van der Waals surface area contributed by atoms with Gasteiger partial charge in [-0.1, -0.05) is 18.0 Å². The van der Waals surface area contributed by atoms with Crippen LogP contribution < -0.4 is 10.6 Å². The lowest BCUT2D eigenvalue weighted by atomic mass is 9.96. The zero-order valence-corrected chi connectivity index (χ0v) is 11.7. The molecule has 0 spiro atoms. The molecule has 1 aromatic heterocycles. The highest BCUT2D eigenvalue weighted by atomic mass is 16.4. The van der Waals surface area contributed by atoms with Crippen LogP contribution in [0, 0.1) is 5.92 Å². The largest absolute Gasteiger partial charge is 0.409 e. The van der Waals surface area contributed by atoms with E-state index in [0.717, 1.165) is 23.8 Å². The molecule has 0 aromatic carbocycles. The summed E-state index contributed by atoms with van der Waals surface area (Å²) in [4.78, 5) is 6.91. The van der Waals surface area contributed by atoms with Crippen LogP contribution in [0.4, 0.5) is 5.82 Å². The summed E-state index contributed by atoms with van der Waals surface area (Å²) >= 11 is 0. The van der Waals surface area contributed by atoms with Crippen molar-refractivity contribution >= 4 is 11.7 Å². The molecule has 3 N–H and O–H groups in total. The summed E-state index contributed by atoms with van der Waals surface area (Å²) in [6.07, 6.45) is 9.67. The molecule has 1 unspecified atom stereocenters. The van der Waals surface area contributed by atoms with Gasteiger partial charge in [-0.15, -0.1) is 0 Å². The van der Waals surface area contributed by atoms with Crippen LogP contribution >= 0.6 is 0 Å². The molecular weight excluding hydrogens is 252 g/mol. The SMILES string of the molecule is NC(=NO)c1ccnc(N2CCCC2C2CCCC2)c1. The summed E-state index contributed by atoms with van der Waals surface area (Å²) < 4.78 is 0. The van der Waals surface area contributed by atoms with Crippen molar-refractivity contribution in [2.24, 2.45) is 16.8 Å². The van der Waals surface area contributed by atoms with Crippen molar-refractivity contribution in [1.29, 1.82) is 0 Å². The van der Waals surface area contributed by atoms with Crippen molar-refractivity contribution in [2.45, 2.75) is 44.6 Å². The first kappa shape index (κ1) is 13.2. The molecule has 20 heavy (non-hydrogen) atoms. The van der Waals surface area contributed by atoms with Crippen LogP contribution in [0.2, 0.25) is 0 Å². The molecule has 1 aliphatic heterocycles. The molecular formula is C15H22N4O. The van der Waals surface area contributed by atoms with E-state index in [1.54, 1.807) is 12.3 Å². The van der Waals surface area contributed by atoms with Gasteiger partial charge < -0.3 is 15.8 Å². The number of pyridine rings is 1. The van der Waals surface area contributed by atoms with Crippen molar-refractivity contribution in [3.63, 3.8) is 0 Å². The topological polar surface area (TPSA) is 74.7 Å². The van der Waals surface area contributed by atoms with Crippen LogP contribution in [-0.4, -0.2) is 28.6 Å². The molecule has 0 radical (unpaired) electrons. The predicted octanol–water partition coefficient (Wildman–Crippen LogP) is 2.34. The summed E-state index contributed by atoms with van der Waals surface area (Å²) in [7, 11) is 0. The Morgan fingerprint density at radius 1 is 1.30 bits per heavy atom. The molecule has 5 nitrogen and oxygen atoms in total. The summed E-state index contributed by atoms with van der Waals surface area (Å²) in [5.74, 6) is 1.92. The van der Waals surface area contributed by atoms with E-state index in [1.165, 1.54) is 38.5 Å². The maximum absolute atomic E-state index is 8.80. The molecule has 1 aliphatic carbocycles. The Bertz CT molecular complexity index is 496. The molecule has 0 amide bonds. The fraction of sp³-hybridized carbons (Fsp3) is 0.600. The third-order valence-corrected chi connectivity index (χ3v) is 4.69. The molecule has 5 heteroatoms. The van der Waals surface area contributed by atoms with Crippen LogP contribution in [0.1, 0.15) is 44.1 Å². The summed E-state index contributed by atoms with van der Waals surface area (Å²) in [6.45, 7) is 1.06. The monoisotopic (exact) mass is 274 g/mol. The van der Waals surface area contributed by atoms with E-state index in [2.05, 4.69) is 15.0 Å². The van der Waals surface area contributed by atoms with Gasteiger partial charge in [-0.2, -0.15) is 0 Å². The number of oxime groups is 1. The quantitative estimate of drug-likeness (QED) is 0.384. The maximum Gasteiger partial charge on any atom is 0.170 e. The maximum atomic E-state index is 8.80. The van der Waals surface area contributed by atoms with E-state index in [-0.39, 0.29) is 5.84 Å². The van der Waals surface area contributed by atoms with E-state index in [1.807, 2.05) is 6.07 Å². The second kappa shape index (κ2) is 5.69. The highest BCUT2D eigenvalue weighted by molar-refractivity contribution is 5.97. The number of rotatable bonds is 3. The van der Waals surface area contributed by atoms with Gasteiger partial charge in [0.2, 0.25) is 0 Å². The van der Waals surface area contributed by atoms with Crippen LogP contribution in [0.25, 0.3) is 0 Å². The van der Waals surface area contributed by atoms with E-state index >= 15 is 0 Å². The second-order valence-electron chi connectivity index (χ2n) is 5.84. The van der Waals surface area contributed by atoms with Crippen molar-refractivity contribution in [1.82, 2.24) is 4.98 Å². The van der Waals surface area contributed by atoms with Gasteiger partial charge >= 0.3 is 0 Å². The zero-order chi connectivity index (χ0) is 13.9. The first-order valence-corrected chi connectivity index (χ1v) is 7.50. The van der Waals surface area contributed by atoms with Gasteiger partial charge in [0.15, 0.2) is 5.84 Å². The van der Waals surface area contributed by atoms with Gasteiger partial charge in [0.1, 0.15) is 5.82 Å². The molecule has 1 saturated carbocycles. The minimum Gasteiger partial charge on any atom is -0.409 e. The van der Waals surface area contributed by atoms with Crippen LogP contribution in [0.15, 0.2) is 23.5 Å². The lowest BCUT2D eigenvalue weighted by Crippen LogP contribution is -2.35. The van der Waals surface area contributed by atoms with Gasteiger partial charge in [-0.05, 0) is 43.7 Å². The second-order valence-corrected chi connectivity index (χ2v) is 5.84. The van der Waals surface area contributed by atoms with E-state index < -0.39 is 0 Å². The molecule has 1 aromatic rings. The minimum atomic E-state index is 0.144. The summed E-state index contributed by atoms with van der Waals surface area (Å²) in [6, 6.07) is 4.33. The molecule has 2 aliphatic rings. The number of nitrogens with two attached hydrogens (primary N) is 1. The van der Waals surface area contributed by atoms with Gasteiger partial charge in [0.25, 0.3) is 0 Å². The number of amidine groups is 1. The first-order chi connectivity index (χ1) is 9.79. The van der Waals surface area contributed by atoms with Crippen molar-refractivity contribution in [3.05, 3.63) is 23.9 Å². The fourth-order valence-corrected chi connectivity index (χ4v) is 3.70. The summed E-state index contributed by atoms with van der Waals surface area (Å²) in [5.41, 5.74) is 6.40. The Kier molecular flexibility index (Phi) is 3.76. The fourth-order valence-electron chi connectivity index (χ4n) is 3.70. The van der Waals surface area contributed by atoms with Crippen LogP contribution in [-0.2, 0) is 0 Å². The Hall–Kier alpha value is -1.78. The third-order valence-electron chi connectivity index (χ3n) is 4.69. The lowest BCUT2D eigenvalue weighted by molar-refractivity contribution is 0.318. The normalized spacial score (nSPS) is 24.5. The van der Waals surface area contributed by atoms with Crippen LogP contribution in [0.3, 0.4) is 0 Å². The van der Waals surface area contributed by atoms with Crippen LogP contribution in [0.5, 0.6) is 0 Å². The third kappa shape index (κ3) is 2.44. The Labute approximate surface area is 119 Å². The standard InChI is InChI=1S/C15H22N4O/c16-15(18-20)12-7-8-17-14(10-12)19-9-3-6-13(19)11-4-1-2-5-11/h7-8,10-11,13,20H,1-6,9H2,(H2,16,18). The Balaban J connectivity index is 1.84. The predicted molar refractivity (Wildman–Crippen MR) is 79.1 cm³/mol. The minimum absolute atomic E-state index is 0.144. The number of hydrogen-bond acceptors (Lipinski definition) is 4. The molecule has 108 valence electrons. The zero-order valence-electron chi connectivity index (χ0n) is 11.7. The number of nitrogens with zero attached hydrogens (tertiary/aromatic N) is 3. The average molecular weight is 274 g/mol. The van der Waals surface area contributed by atoms with E-state index in [0.29, 0.717) is 6.04 Å². The highest BCUT2D eigenvalue weighted by Gasteiger charge is 2.33. The van der Waals surface area contributed by atoms with Gasteiger partial charge in [-0.25, -0.2) is 4.98 Å². The molecule has 3 rings (SSSR count). The molecule has 2 fully saturated rings. The summed E-state index contributed by atoms with van der Waals surface area (Å²) in [5, 5.41) is 11.9. The number of hydrogen-bond donors (Lipinski definition) is 2. The van der Waals surface area contributed by atoms with E-state index in [4.69, 9.17) is 10.9 Å². The Morgan fingerprint density at radius 2 is 2.10 bits per heavy atom.